The predicted octanol–water partition coefficient (Wildman–Crippen LogP) is 4.18. The minimum Gasteiger partial charge on any atom is -0.506 e. The monoisotopic (exact) mass is 460 g/mol. The highest BCUT2D eigenvalue weighted by Crippen LogP contribution is 2.32. The molecule has 172 valence electrons. The lowest BCUT2D eigenvalue weighted by Crippen LogP contribution is -2.07. The van der Waals surface area contributed by atoms with Gasteiger partial charge in [-0.15, -0.1) is 0 Å². The van der Waals surface area contributed by atoms with E-state index in [-0.39, 0.29) is 5.75 Å². The van der Waals surface area contributed by atoms with Crippen LogP contribution < -0.4 is 15.4 Å². The quantitative estimate of drug-likeness (QED) is 0.302. The highest BCUT2D eigenvalue weighted by atomic mass is 19.4. The Morgan fingerprint density at radius 3 is 2.58 bits per heavy atom. The van der Waals surface area contributed by atoms with Gasteiger partial charge in [0.05, 0.1) is 11.2 Å². The van der Waals surface area contributed by atoms with E-state index in [0.717, 1.165) is 23.3 Å². The third kappa shape index (κ3) is 5.67. The molecule has 1 aromatic carbocycles. The number of hydrogen-bond donors (Lipinski definition) is 3. The highest BCUT2D eigenvalue weighted by molar-refractivity contribution is 5.81. The van der Waals surface area contributed by atoms with Gasteiger partial charge in [-0.1, -0.05) is 0 Å². The van der Waals surface area contributed by atoms with E-state index in [1.165, 1.54) is 18.5 Å². The number of aromatic nitrogens is 4. The number of hydrogen-bond acceptors (Lipinski definition) is 7. The first-order chi connectivity index (χ1) is 15.7. The number of carbonyl (C=O) groups is 1. The number of phenolic OH excluding ortho intramolecular Hbond substituents is 1. The number of aryl methyl sites for hydroxylation is 1. The second-order valence-corrected chi connectivity index (χ2v) is 6.56. The van der Waals surface area contributed by atoms with Crippen LogP contribution in [-0.2, 0) is 18.0 Å². The Kier molecular flexibility index (Phi) is 6.96. The number of benzene rings is 1. The molecular weight excluding hydrogens is 441 g/mol. The van der Waals surface area contributed by atoms with E-state index >= 15 is 0 Å². The summed E-state index contributed by atoms with van der Waals surface area (Å²) in [6.45, 7) is 0. The smallest absolute Gasteiger partial charge is 0.433 e. The Bertz CT molecular complexity index is 1260. The van der Waals surface area contributed by atoms with E-state index in [9.17, 15) is 23.1 Å². The fraction of sp³-hybridized carbons (Fsp3) is 0.143. The van der Waals surface area contributed by atoms with E-state index in [1.807, 2.05) is 23.9 Å². The van der Waals surface area contributed by atoms with Crippen LogP contribution in [0, 0.1) is 0 Å². The zero-order chi connectivity index (χ0) is 24.0. The van der Waals surface area contributed by atoms with Crippen molar-refractivity contribution in [1.82, 2.24) is 19.5 Å². The molecule has 4 aromatic rings. The van der Waals surface area contributed by atoms with Gasteiger partial charge < -0.3 is 25.0 Å². The van der Waals surface area contributed by atoms with Crippen molar-refractivity contribution < 1.29 is 27.8 Å². The van der Waals surface area contributed by atoms with Crippen molar-refractivity contribution in [3.05, 3.63) is 60.8 Å². The van der Waals surface area contributed by atoms with Crippen LogP contribution in [0.15, 0.2) is 55.1 Å². The zero-order valence-corrected chi connectivity index (χ0v) is 17.5. The van der Waals surface area contributed by atoms with E-state index in [0.29, 0.717) is 29.4 Å². The molecule has 0 spiro atoms. The molecule has 0 radical (unpaired) electrons. The lowest BCUT2D eigenvalue weighted by atomic mass is 10.3. The van der Waals surface area contributed by atoms with Crippen LogP contribution in [0.2, 0.25) is 0 Å². The predicted molar refractivity (Wildman–Crippen MR) is 115 cm³/mol. The Morgan fingerprint density at radius 1 is 1.12 bits per heavy atom. The number of phenols is 1. The summed E-state index contributed by atoms with van der Waals surface area (Å²) in [6.07, 6.45) is 0.523. The highest BCUT2D eigenvalue weighted by Gasteiger charge is 2.32. The van der Waals surface area contributed by atoms with Crippen LogP contribution >= 0.6 is 0 Å². The Balaban J connectivity index is 0.000000218. The van der Waals surface area contributed by atoms with Gasteiger partial charge in [0.1, 0.15) is 29.0 Å². The normalized spacial score (nSPS) is 10.8. The molecule has 1 amide bonds. The molecule has 33 heavy (non-hydrogen) atoms. The lowest BCUT2D eigenvalue weighted by Gasteiger charge is -2.09. The maximum absolute atomic E-state index is 12.0. The number of halogens is 3. The number of carbonyl (C=O) groups excluding carboxylic acids is 1. The molecule has 0 unspecified atom stereocenters. The van der Waals surface area contributed by atoms with Gasteiger partial charge in [-0.25, -0.2) is 4.98 Å². The van der Waals surface area contributed by atoms with Crippen LogP contribution in [0.4, 0.5) is 24.5 Å². The molecule has 3 heterocycles. The summed E-state index contributed by atoms with van der Waals surface area (Å²) in [5, 5.41) is 14.8. The molecule has 0 saturated heterocycles. The van der Waals surface area contributed by atoms with Crippen molar-refractivity contribution in [2.75, 3.05) is 17.7 Å². The molecule has 9 nitrogen and oxygen atoms in total. The Morgan fingerprint density at radius 2 is 1.91 bits per heavy atom. The molecule has 0 saturated carbocycles. The first-order valence-electron chi connectivity index (χ1n) is 9.41. The number of amides is 1. The summed E-state index contributed by atoms with van der Waals surface area (Å²) in [7, 11) is 3.42. The van der Waals surface area contributed by atoms with Gasteiger partial charge in [-0.2, -0.15) is 18.2 Å². The molecule has 0 bridgehead atoms. The average molecular weight is 460 g/mol. The lowest BCUT2D eigenvalue weighted by molar-refractivity contribution is -0.141. The van der Waals surface area contributed by atoms with E-state index in [2.05, 4.69) is 25.6 Å². The molecule has 0 atom stereocenters. The third-order valence-corrected chi connectivity index (χ3v) is 4.36. The molecule has 12 heteroatoms. The number of anilines is 2. The Labute approximate surface area is 185 Å². The fourth-order valence-electron chi connectivity index (χ4n) is 2.77. The second kappa shape index (κ2) is 9.85. The zero-order valence-electron chi connectivity index (χ0n) is 17.5. The topological polar surface area (TPSA) is 114 Å². The number of alkyl halides is 3. The van der Waals surface area contributed by atoms with E-state index in [4.69, 9.17) is 4.74 Å². The summed E-state index contributed by atoms with van der Waals surface area (Å²) >= 11 is 0. The molecule has 3 N–H and O–H groups in total. The van der Waals surface area contributed by atoms with Gasteiger partial charge in [0.15, 0.2) is 0 Å². The van der Waals surface area contributed by atoms with Crippen molar-refractivity contribution in [2.24, 2.45) is 7.05 Å². The minimum atomic E-state index is -4.37. The largest absolute Gasteiger partial charge is 0.506 e. The molecule has 4 rings (SSSR count). The number of aromatic hydroxyl groups is 1. The molecule has 0 aliphatic carbocycles. The standard InChI is InChI=1S/C14H12N4O3.C7H7F3N2/c1-18-5-4-11-13(18)14(16-7-15-11)21-9-2-3-10(17-8-19)12(20)6-9;1-11-5-2-3-12-6(4-5)7(8,9)10/h2-8,20H,1H3,(H,17,19);2-4H,1H3,(H,11,12). The fourth-order valence-corrected chi connectivity index (χ4v) is 2.77. The molecule has 3 aromatic heterocycles. The molecule has 0 aliphatic rings. The maximum Gasteiger partial charge on any atom is 0.433 e. The number of nitrogens with zero attached hydrogens (tertiary/aromatic N) is 4. The summed E-state index contributed by atoms with van der Waals surface area (Å²) in [5.74, 6) is 0.713. The van der Waals surface area contributed by atoms with Gasteiger partial charge in [-0.05, 0) is 30.3 Å². The first-order valence-corrected chi connectivity index (χ1v) is 9.41. The van der Waals surface area contributed by atoms with Crippen molar-refractivity contribution in [2.45, 2.75) is 6.18 Å². The van der Waals surface area contributed by atoms with Crippen molar-refractivity contribution in [3.63, 3.8) is 0 Å². The van der Waals surface area contributed by atoms with Crippen molar-refractivity contribution in [3.8, 4) is 17.4 Å². The maximum atomic E-state index is 12.0. The molecule has 0 fully saturated rings. The Hall–Kier alpha value is -4.35. The van der Waals surface area contributed by atoms with Crippen LogP contribution in [0.25, 0.3) is 11.0 Å². The summed E-state index contributed by atoms with van der Waals surface area (Å²) in [6, 6.07) is 8.86. The summed E-state index contributed by atoms with van der Waals surface area (Å²) in [4.78, 5) is 21.8. The third-order valence-electron chi connectivity index (χ3n) is 4.36. The summed E-state index contributed by atoms with van der Waals surface area (Å²) in [5.41, 5.74) is 1.36. The number of rotatable bonds is 5. The second-order valence-electron chi connectivity index (χ2n) is 6.56. The van der Waals surface area contributed by atoms with Gasteiger partial charge in [0, 0.05) is 38.2 Å². The van der Waals surface area contributed by atoms with Crippen molar-refractivity contribution in [1.29, 1.82) is 0 Å². The SMILES string of the molecule is CNc1ccnc(C(F)(F)F)c1.Cn1ccc2ncnc(Oc3ccc(NC=O)c(O)c3)c21. The minimum absolute atomic E-state index is 0.0863. The first kappa shape index (κ1) is 23.3. The summed E-state index contributed by atoms with van der Waals surface area (Å²) < 4.78 is 43.6. The van der Waals surface area contributed by atoms with Crippen LogP contribution in [0.1, 0.15) is 5.69 Å². The average Bonchev–Trinajstić information content (AvgIpc) is 3.17. The van der Waals surface area contributed by atoms with Gasteiger partial charge >= 0.3 is 6.18 Å². The van der Waals surface area contributed by atoms with Crippen molar-refractivity contribution >= 4 is 28.8 Å². The van der Waals surface area contributed by atoms with Gasteiger partial charge in [0.25, 0.3) is 0 Å². The van der Waals surface area contributed by atoms with E-state index in [1.54, 1.807) is 19.2 Å². The van der Waals surface area contributed by atoms with Crippen LogP contribution in [-0.4, -0.2) is 38.1 Å². The molecular formula is C21H19F3N6O3. The van der Waals surface area contributed by atoms with Gasteiger partial charge in [-0.3, -0.25) is 9.78 Å². The number of pyridine rings is 1. The van der Waals surface area contributed by atoms with Crippen LogP contribution in [0.3, 0.4) is 0 Å². The van der Waals surface area contributed by atoms with E-state index < -0.39 is 11.9 Å². The number of nitrogens with one attached hydrogen (secondary N) is 2. The van der Waals surface area contributed by atoms with Gasteiger partial charge in [0.2, 0.25) is 12.3 Å². The number of fused-ring (bicyclic) bond motifs is 1. The number of ether oxygens (including phenoxy) is 1. The molecule has 0 aliphatic heterocycles. The van der Waals surface area contributed by atoms with Crippen LogP contribution in [0.5, 0.6) is 17.4 Å².